The van der Waals surface area contributed by atoms with Crippen molar-refractivity contribution < 1.29 is 14.6 Å². The molecule has 104 valence electrons. The summed E-state index contributed by atoms with van der Waals surface area (Å²) in [5.41, 5.74) is 4.68. The molecule has 1 amide bonds. The first kappa shape index (κ1) is 13.8. The van der Waals surface area contributed by atoms with E-state index in [0.29, 0.717) is 23.9 Å². The minimum Gasteiger partial charge on any atom is -0.491 e. The normalized spacial score (nSPS) is 17.8. The summed E-state index contributed by atoms with van der Waals surface area (Å²) in [5.74, 6) is 0.142. The lowest BCUT2D eigenvalue weighted by Gasteiger charge is -2.24. The van der Waals surface area contributed by atoms with Crippen LogP contribution in [0.5, 0.6) is 5.75 Å². The van der Waals surface area contributed by atoms with Gasteiger partial charge in [0.1, 0.15) is 18.0 Å². The van der Waals surface area contributed by atoms with Crippen molar-refractivity contribution in [3.05, 3.63) is 29.8 Å². The Morgan fingerprint density at radius 3 is 2.63 bits per heavy atom. The molecule has 0 aromatic heterocycles. The Kier molecular flexibility index (Phi) is 4.07. The van der Waals surface area contributed by atoms with Gasteiger partial charge in [-0.05, 0) is 44.0 Å². The molecule has 1 atom stereocenters. The fraction of sp³-hybridized carbons (Fsp3) is 0.500. The molecule has 0 radical (unpaired) electrons. The molecule has 0 aliphatic heterocycles. The van der Waals surface area contributed by atoms with Gasteiger partial charge in [-0.2, -0.15) is 0 Å². The van der Waals surface area contributed by atoms with E-state index in [2.05, 4.69) is 5.32 Å². The van der Waals surface area contributed by atoms with Gasteiger partial charge in [-0.1, -0.05) is 0 Å². The molecular formula is C14H20N2O3. The van der Waals surface area contributed by atoms with Crippen molar-refractivity contribution in [3.8, 4) is 5.75 Å². The first-order valence-electron chi connectivity index (χ1n) is 6.45. The number of ether oxygens (including phenoxy) is 1. The van der Waals surface area contributed by atoms with Gasteiger partial charge in [-0.25, -0.2) is 0 Å². The third-order valence-corrected chi connectivity index (χ3v) is 3.04. The third-order valence-electron chi connectivity index (χ3n) is 3.04. The van der Waals surface area contributed by atoms with E-state index in [-0.39, 0.29) is 6.61 Å². The van der Waals surface area contributed by atoms with Crippen LogP contribution in [0.15, 0.2) is 24.3 Å². The number of primary amides is 1. The molecule has 1 aromatic carbocycles. The maximum atomic E-state index is 10.9. The SMILES string of the molecule is CC(O)(CNC1CC1)COc1ccc(C(N)=O)cc1. The third kappa shape index (κ3) is 4.54. The van der Waals surface area contributed by atoms with Gasteiger partial charge in [0.15, 0.2) is 0 Å². The van der Waals surface area contributed by atoms with Crippen LogP contribution in [0.1, 0.15) is 30.1 Å². The second-order valence-electron chi connectivity index (χ2n) is 5.33. The molecule has 0 saturated heterocycles. The molecule has 4 N–H and O–H groups in total. The lowest BCUT2D eigenvalue weighted by atomic mass is 10.1. The second kappa shape index (κ2) is 5.59. The van der Waals surface area contributed by atoms with Gasteiger partial charge < -0.3 is 20.9 Å². The molecule has 5 nitrogen and oxygen atoms in total. The molecule has 1 saturated carbocycles. The van der Waals surface area contributed by atoms with Crippen LogP contribution in [0.2, 0.25) is 0 Å². The molecule has 1 aliphatic rings. The van der Waals surface area contributed by atoms with E-state index in [9.17, 15) is 9.90 Å². The predicted molar refractivity (Wildman–Crippen MR) is 72.1 cm³/mol. The zero-order valence-electron chi connectivity index (χ0n) is 11.1. The smallest absolute Gasteiger partial charge is 0.248 e. The monoisotopic (exact) mass is 264 g/mol. The maximum absolute atomic E-state index is 10.9. The van der Waals surface area contributed by atoms with Crippen LogP contribution in [0.4, 0.5) is 0 Å². The summed E-state index contributed by atoms with van der Waals surface area (Å²) in [5, 5.41) is 13.4. The van der Waals surface area contributed by atoms with Gasteiger partial charge in [0.05, 0.1) is 0 Å². The number of benzene rings is 1. The molecule has 19 heavy (non-hydrogen) atoms. The number of hydrogen-bond donors (Lipinski definition) is 3. The first-order valence-corrected chi connectivity index (χ1v) is 6.45. The Morgan fingerprint density at radius 2 is 2.11 bits per heavy atom. The topological polar surface area (TPSA) is 84.6 Å². The van der Waals surface area contributed by atoms with Crippen LogP contribution in [0.25, 0.3) is 0 Å². The average molecular weight is 264 g/mol. The van der Waals surface area contributed by atoms with Gasteiger partial charge >= 0.3 is 0 Å². The van der Waals surface area contributed by atoms with E-state index in [1.807, 2.05) is 0 Å². The summed E-state index contributed by atoms with van der Waals surface area (Å²) in [6.45, 7) is 2.44. The molecule has 0 bridgehead atoms. The summed E-state index contributed by atoms with van der Waals surface area (Å²) in [7, 11) is 0. The minimum absolute atomic E-state index is 0.197. The zero-order chi connectivity index (χ0) is 13.9. The number of rotatable bonds is 7. The molecule has 1 unspecified atom stereocenters. The molecule has 5 heteroatoms. The van der Waals surface area contributed by atoms with Gasteiger partial charge in [0, 0.05) is 18.2 Å². The standard InChI is InChI=1S/C14H20N2O3/c1-14(18,8-16-11-4-5-11)9-19-12-6-2-10(3-7-12)13(15)17/h2-3,6-7,11,16,18H,4-5,8-9H2,1H3,(H2,15,17). The van der Waals surface area contributed by atoms with Crippen molar-refractivity contribution in [3.63, 3.8) is 0 Å². The van der Waals surface area contributed by atoms with Crippen LogP contribution < -0.4 is 15.8 Å². The van der Waals surface area contributed by atoms with E-state index in [1.54, 1.807) is 31.2 Å². The van der Waals surface area contributed by atoms with Gasteiger partial charge in [-0.3, -0.25) is 4.79 Å². The van der Waals surface area contributed by atoms with Crippen LogP contribution in [0, 0.1) is 0 Å². The average Bonchev–Trinajstić information content (AvgIpc) is 3.19. The number of nitrogens with one attached hydrogen (secondary N) is 1. The summed E-state index contributed by atoms with van der Waals surface area (Å²) < 4.78 is 5.52. The summed E-state index contributed by atoms with van der Waals surface area (Å²) in [6, 6.07) is 7.11. The fourth-order valence-corrected chi connectivity index (χ4v) is 1.66. The highest BCUT2D eigenvalue weighted by atomic mass is 16.5. The Balaban J connectivity index is 1.81. The number of nitrogens with two attached hydrogens (primary N) is 1. The minimum atomic E-state index is -0.912. The van der Waals surface area contributed by atoms with Crippen molar-refractivity contribution in [2.45, 2.75) is 31.4 Å². The number of amides is 1. The maximum Gasteiger partial charge on any atom is 0.248 e. The summed E-state index contributed by atoms with van der Waals surface area (Å²) >= 11 is 0. The summed E-state index contributed by atoms with van der Waals surface area (Å²) in [4.78, 5) is 10.9. The highest BCUT2D eigenvalue weighted by Crippen LogP contribution is 2.20. The number of carbonyl (C=O) groups excluding carboxylic acids is 1. The van der Waals surface area contributed by atoms with Gasteiger partial charge in [0.25, 0.3) is 0 Å². The van der Waals surface area contributed by atoms with Gasteiger partial charge in [0.2, 0.25) is 5.91 Å². The van der Waals surface area contributed by atoms with Crippen molar-refractivity contribution in [2.75, 3.05) is 13.2 Å². The van der Waals surface area contributed by atoms with Crippen LogP contribution >= 0.6 is 0 Å². The fourth-order valence-electron chi connectivity index (χ4n) is 1.66. The second-order valence-corrected chi connectivity index (χ2v) is 5.33. The molecule has 0 heterocycles. The number of aliphatic hydroxyl groups is 1. The van der Waals surface area contributed by atoms with E-state index in [1.165, 1.54) is 12.8 Å². The van der Waals surface area contributed by atoms with E-state index in [4.69, 9.17) is 10.5 Å². The van der Waals surface area contributed by atoms with Crippen LogP contribution in [-0.4, -0.2) is 35.8 Å². The van der Waals surface area contributed by atoms with Gasteiger partial charge in [-0.15, -0.1) is 0 Å². The molecule has 1 fully saturated rings. The predicted octanol–water partition coefficient (Wildman–Crippen LogP) is 0.667. The molecule has 0 spiro atoms. The van der Waals surface area contributed by atoms with E-state index in [0.717, 1.165) is 0 Å². The van der Waals surface area contributed by atoms with E-state index >= 15 is 0 Å². The molecule has 1 aliphatic carbocycles. The number of hydrogen-bond acceptors (Lipinski definition) is 4. The number of carbonyl (C=O) groups is 1. The van der Waals surface area contributed by atoms with Crippen LogP contribution in [-0.2, 0) is 0 Å². The molecular weight excluding hydrogens is 244 g/mol. The zero-order valence-corrected chi connectivity index (χ0v) is 11.1. The largest absolute Gasteiger partial charge is 0.491 e. The van der Waals surface area contributed by atoms with E-state index < -0.39 is 11.5 Å². The van der Waals surface area contributed by atoms with Crippen molar-refractivity contribution in [1.29, 1.82) is 0 Å². The molecule has 2 rings (SSSR count). The van der Waals surface area contributed by atoms with Crippen LogP contribution in [0.3, 0.4) is 0 Å². The van der Waals surface area contributed by atoms with Crippen molar-refractivity contribution in [1.82, 2.24) is 5.32 Å². The Bertz CT molecular complexity index is 439. The quantitative estimate of drug-likeness (QED) is 0.675. The highest BCUT2D eigenvalue weighted by Gasteiger charge is 2.27. The Labute approximate surface area is 112 Å². The van der Waals surface area contributed by atoms with Crippen molar-refractivity contribution >= 4 is 5.91 Å². The first-order chi connectivity index (χ1) is 8.96. The Morgan fingerprint density at radius 1 is 1.47 bits per heavy atom. The lowest BCUT2D eigenvalue weighted by molar-refractivity contribution is 0.0120. The Hall–Kier alpha value is -1.59. The summed E-state index contributed by atoms with van der Waals surface area (Å²) in [6.07, 6.45) is 2.37. The van der Waals surface area contributed by atoms with Crippen molar-refractivity contribution in [2.24, 2.45) is 5.73 Å². The lowest BCUT2D eigenvalue weighted by Crippen LogP contribution is -2.43. The molecule has 1 aromatic rings. The highest BCUT2D eigenvalue weighted by molar-refractivity contribution is 5.92.